The van der Waals surface area contributed by atoms with Crippen LogP contribution in [0, 0.1) is 0 Å². The fourth-order valence-electron chi connectivity index (χ4n) is 3.03. The molecule has 2 nitrogen and oxygen atoms in total. The Kier molecular flexibility index (Phi) is 4.45. The Morgan fingerprint density at radius 1 is 1.07 bits per heavy atom. The highest BCUT2D eigenvalue weighted by molar-refractivity contribution is 4.77. The summed E-state index contributed by atoms with van der Waals surface area (Å²) < 4.78 is 0. The number of piperidine rings is 1. The number of likely N-dealkylation sites (tertiary alicyclic amines) is 1. The molecule has 0 radical (unpaired) electrons. The molecule has 0 spiro atoms. The Morgan fingerprint density at radius 3 is 2.53 bits per heavy atom. The molecule has 1 atom stereocenters. The molecule has 0 aromatic heterocycles. The van der Waals surface area contributed by atoms with Crippen LogP contribution in [0.1, 0.15) is 51.9 Å². The fourth-order valence-corrected chi connectivity index (χ4v) is 3.03. The smallest absolute Gasteiger partial charge is 0.0110 e. The maximum absolute atomic E-state index is 3.71. The van der Waals surface area contributed by atoms with Crippen LogP contribution >= 0.6 is 0 Å². The zero-order valence-electron chi connectivity index (χ0n) is 10.2. The van der Waals surface area contributed by atoms with Gasteiger partial charge in [-0.25, -0.2) is 0 Å². The van der Waals surface area contributed by atoms with Crippen LogP contribution in [0.25, 0.3) is 0 Å². The van der Waals surface area contributed by atoms with Crippen LogP contribution in [0.3, 0.4) is 0 Å². The largest absolute Gasteiger partial charge is 0.313 e. The second-order valence-electron chi connectivity index (χ2n) is 5.32. The van der Waals surface area contributed by atoms with Gasteiger partial charge in [0.15, 0.2) is 0 Å². The summed E-state index contributed by atoms with van der Waals surface area (Å²) in [5.74, 6) is 0. The third kappa shape index (κ3) is 3.46. The summed E-state index contributed by atoms with van der Waals surface area (Å²) >= 11 is 0. The molecule has 0 bridgehead atoms. The highest BCUT2D eigenvalue weighted by Crippen LogP contribution is 2.18. The minimum absolute atomic E-state index is 0.823. The molecule has 0 aromatic rings. The highest BCUT2D eigenvalue weighted by atomic mass is 15.2. The zero-order chi connectivity index (χ0) is 10.5. The van der Waals surface area contributed by atoms with E-state index in [-0.39, 0.29) is 0 Å². The van der Waals surface area contributed by atoms with E-state index in [0.29, 0.717) is 0 Å². The minimum Gasteiger partial charge on any atom is -0.313 e. The van der Waals surface area contributed by atoms with Gasteiger partial charge in [-0.3, -0.25) is 4.90 Å². The van der Waals surface area contributed by atoms with Crippen molar-refractivity contribution in [1.82, 2.24) is 10.2 Å². The van der Waals surface area contributed by atoms with Crippen molar-refractivity contribution in [3.8, 4) is 0 Å². The third-order valence-corrected chi connectivity index (χ3v) is 4.13. The number of hydrogen-bond donors (Lipinski definition) is 1. The Hall–Kier alpha value is -0.0800. The average molecular weight is 210 g/mol. The lowest BCUT2D eigenvalue weighted by atomic mass is 10.0. The van der Waals surface area contributed by atoms with E-state index in [1.165, 1.54) is 64.6 Å². The Bertz CT molecular complexity index is 175. The third-order valence-electron chi connectivity index (χ3n) is 4.13. The molecule has 1 heterocycles. The molecule has 2 fully saturated rings. The number of nitrogens with zero attached hydrogens (tertiary/aromatic N) is 1. The Balaban J connectivity index is 1.59. The molecular weight excluding hydrogens is 184 g/mol. The molecule has 1 saturated heterocycles. The van der Waals surface area contributed by atoms with Crippen LogP contribution in [0.2, 0.25) is 0 Å². The van der Waals surface area contributed by atoms with Crippen LogP contribution in [-0.4, -0.2) is 36.6 Å². The van der Waals surface area contributed by atoms with Crippen LogP contribution in [0.15, 0.2) is 0 Å². The Morgan fingerprint density at radius 2 is 1.80 bits per heavy atom. The van der Waals surface area contributed by atoms with E-state index in [9.17, 15) is 0 Å². The molecule has 1 N–H and O–H groups in total. The van der Waals surface area contributed by atoms with Crippen molar-refractivity contribution in [3.63, 3.8) is 0 Å². The first-order valence-electron chi connectivity index (χ1n) is 6.83. The van der Waals surface area contributed by atoms with Crippen molar-refractivity contribution < 1.29 is 0 Å². The van der Waals surface area contributed by atoms with Gasteiger partial charge < -0.3 is 5.32 Å². The first-order valence-corrected chi connectivity index (χ1v) is 6.83. The number of nitrogens with one attached hydrogen (secondary N) is 1. The van der Waals surface area contributed by atoms with E-state index >= 15 is 0 Å². The van der Waals surface area contributed by atoms with E-state index in [2.05, 4.69) is 17.1 Å². The first-order chi connectivity index (χ1) is 7.36. The van der Waals surface area contributed by atoms with Crippen LogP contribution in [0.4, 0.5) is 0 Å². The molecule has 2 aliphatic rings. The lowest BCUT2D eigenvalue weighted by molar-refractivity contribution is 0.160. The van der Waals surface area contributed by atoms with Crippen molar-refractivity contribution in [3.05, 3.63) is 0 Å². The van der Waals surface area contributed by atoms with Gasteiger partial charge in [0.1, 0.15) is 0 Å². The predicted octanol–water partition coefficient (Wildman–Crippen LogP) is 2.39. The summed E-state index contributed by atoms with van der Waals surface area (Å²) in [6.45, 7) is 6.18. The van der Waals surface area contributed by atoms with Gasteiger partial charge in [-0.15, -0.1) is 0 Å². The van der Waals surface area contributed by atoms with Crippen LogP contribution < -0.4 is 5.32 Å². The predicted molar refractivity (Wildman–Crippen MR) is 65.1 cm³/mol. The topological polar surface area (TPSA) is 15.3 Å². The molecule has 0 unspecified atom stereocenters. The SMILES string of the molecule is C[C@H]1CCCCN1CCNC1CCCC1. The van der Waals surface area contributed by atoms with Gasteiger partial charge in [-0.05, 0) is 39.2 Å². The summed E-state index contributed by atoms with van der Waals surface area (Å²) in [5, 5.41) is 3.71. The maximum atomic E-state index is 3.71. The summed E-state index contributed by atoms with van der Waals surface area (Å²) in [6.07, 6.45) is 9.96. The number of hydrogen-bond acceptors (Lipinski definition) is 2. The number of rotatable bonds is 4. The highest BCUT2D eigenvalue weighted by Gasteiger charge is 2.18. The van der Waals surface area contributed by atoms with Crippen molar-refractivity contribution in [2.24, 2.45) is 0 Å². The van der Waals surface area contributed by atoms with Gasteiger partial charge in [0.05, 0.1) is 0 Å². The Labute approximate surface area is 94.4 Å². The standard InChI is InChI=1S/C13H26N2/c1-12-6-4-5-10-15(12)11-9-14-13-7-2-3-8-13/h12-14H,2-11H2,1H3/t12-/m0/s1. The molecule has 0 aromatic carbocycles. The molecule has 88 valence electrons. The summed E-state index contributed by atoms with van der Waals surface area (Å²) in [6, 6.07) is 1.66. The van der Waals surface area contributed by atoms with E-state index in [1.807, 2.05) is 0 Å². The molecule has 2 heteroatoms. The van der Waals surface area contributed by atoms with Crippen molar-refractivity contribution in [2.75, 3.05) is 19.6 Å². The molecule has 2 rings (SSSR count). The second kappa shape index (κ2) is 5.86. The summed E-state index contributed by atoms with van der Waals surface area (Å²) in [5.41, 5.74) is 0. The molecule has 1 aliphatic heterocycles. The summed E-state index contributed by atoms with van der Waals surface area (Å²) in [4.78, 5) is 2.66. The quantitative estimate of drug-likeness (QED) is 0.766. The van der Waals surface area contributed by atoms with Gasteiger partial charge in [0, 0.05) is 25.2 Å². The normalized spacial score (nSPS) is 29.8. The molecule has 15 heavy (non-hydrogen) atoms. The van der Waals surface area contributed by atoms with E-state index in [4.69, 9.17) is 0 Å². The second-order valence-corrected chi connectivity index (χ2v) is 5.32. The van der Waals surface area contributed by atoms with Crippen molar-refractivity contribution >= 4 is 0 Å². The fraction of sp³-hybridized carbons (Fsp3) is 1.00. The average Bonchev–Trinajstić information content (AvgIpc) is 2.74. The lowest BCUT2D eigenvalue weighted by Crippen LogP contribution is -2.42. The molecule has 1 aliphatic carbocycles. The van der Waals surface area contributed by atoms with Gasteiger partial charge >= 0.3 is 0 Å². The lowest BCUT2D eigenvalue weighted by Gasteiger charge is -2.33. The monoisotopic (exact) mass is 210 g/mol. The van der Waals surface area contributed by atoms with Gasteiger partial charge in [-0.2, -0.15) is 0 Å². The van der Waals surface area contributed by atoms with E-state index in [1.54, 1.807) is 0 Å². The maximum Gasteiger partial charge on any atom is 0.0110 e. The van der Waals surface area contributed by atoms with Crippen LogP contribution in [-0.2, 0) is 0 Å². The van der Waals surface area contributed by atoms with Crippen molar-refractivity contribution in [2.45, 2.75) is 64.0 Å². The van der Waals surface area contributed by atoms with E-state index < -0.39 is 0 Å². The van der Waals surface area contributed by atoms with E-state index in [0.717, 1.165) is 12.1 Å². The molecular formula is C13H26N2. The first kappa shape index (κ1) is 11.4. The van der Waals surface area contributed by atoms with Crippen LogP contribution in [0.5, 0.6) is 0 Å². The van der Waals surface area contributed by atoms with Gasteiger partial charge in [0.25, 0.3) is 0 Å². The van der Waals surface area contributed by atoms with Gasteiger partial charge in [0.2, 0.25) is 0 Å². The summed E-state index contributed by atoms with van der Waals surface area (Å²) in [7, 11) is 0. The van der Waals surface area contributed by atoms with Gasteiger partial charge in [-0.1, -0.05) is 19.3 Å². The minimum atomic E-state index is 0.823. The zero-order valence-corrected chi connectivity index (χ0v) is 10.2. The molecule has 0 amide bonds. The molecule has 1 saturated carbocycles. The van der Waals surface area contributed by atoms with Crippen molar-refractivity contribution in [1.29, 1.82) is 0 Å².